The van der Waals surface area contributed by atoms with Crippen molar-refractivity contribution in [1.29, 1.82) is 0 Å². The number of nitrogens with zero attached hydrogens (tertiary/aromatic N) is 2. The number of methoxy groups -OCH3 is 1. The summed E-state index contributed by atoms with van der Waals surface area (Å²) in [5, 5.41) is 0.628. The van der Waals surface area contributed by atoms with Gasteiger partial charge in [0, 0.05) is 12.6 Å². The van der Waals surface area contributed by atoms with E-state index in [2.05, 4.69) is 20.9 Å². The minimum atomic E-state index is 0.628. The number of halogens is 2. The van der Waals surface area contributed by atoms with Gasteiger partial charge in [-0.05, 0) is 41.1 Å². The van der Waals surface area contributed by atoms with Crippen molar-refractivity contribution in [2.24, 2.45) is 7.05 Å². The minimum Gasteiger partial charge on any atom is -0.497 e. The smallest absolute Gasteiger partial charge is 0.120 e. The molecule has 0 radical (unpaired) electrons. The van der Waals surface area contributed by atoms with Crippen LogP contribution in [0.1, 0.15) is 5.82 Å². The molecule has 0 N–H and O–H groups in total. The van der Waals surface area contributed by atoms with Gasteiger partial charge < -0.3 is 9.30 Å². The number of benzene rings is 1. The lowest BCUT2D eigenvalue weighted by Crippen LogP contribution is -1.90. The van der Waals surface area contributed by atoms with Crippen LogP contribution in [0.5, 0.6) is 5.75 Å². The third kappa shape index (κ3) is 2.19. The van der Waals surface area contributed by atoms with Gasteiger partial charge >= 0.3 is 0 Å². The summed E-state index contributed by atoms with van der Waals surface area (Å²) < 4.78 is 8.01. The summed E-state index contributed by atoms with van der Waals surface area (Å²) in [4.78, 5) is 4.49. The number of hydrogen-bond acceptors (Lipinski definition) is 2. The van der Waals surface area contributed by atoms with E-state index in [1.54, 1.807) is 13.2 Å². The van der Waals surface area contributed by atoms with Crippen molar-refractivity contribution in [3.63, 3.8) is 0 Å². The van der Waals surface area contributed by atoms with Gasteiger partial charge in [-0.25, -0.2) is 4.98 Å². The molecule has 0 aliphatic heterocycles. The highest BCUT2D eigenvalue weighted by Gasteiger charge is 2.14. The average molecular weight is 316 g/mol. The van der Waals surface area contributed by atoms with Crippen LogP contribution < -0.4 is 4.74 Å². The molecule has 0 saturated carbocycles. The van der Waals surface area contributed by atoms with Crippen molar-refractivity contribution < 1.29 is 4.74 Å². The summed E-state index contributed by atoms with van der Waals surface area (Å²) in [5.74, 6) is 1.67. The van der Waals surface area contributed by atoms with Crippen LogP contribution in [0.3, 0.4) is 0 Å². The summed E-state index contributed by atoms with van der Waals surface area (Å²) in [6.45, 7) is 1.95. The Hall–Kier alpha value is -1.00. The van der Waals surface area contributed by atoms with Gasteiger partial charge in [0.1, 0.15) is 21.9 Å². The quantitative estimate of drug-likeness (QED) is 0.842. The van der Waals surface area contributed by atoms with Crippen LogP contribution in [0.2, 0.25) is 5.02 Å². The molecule has 0 amide bonds. The summed E-state index contributed by atoms with van der Waals surface area (Å²) in [5.41, 5.74) is 1.74. The van der Waals surface area contributed by atoms with Gasteiger partial charge in [-0.3, -0.25) is 0 Å². The minimum absolute atomic E-state index is 0.628. The second kappa shape index (κ2) is 4.70. The third-order valence-corrected chi connectivity index (χ3v) is 3.90. The second-order valence-corrected chi connectivity index (χ2v) is 4.86. The first-order valence-corrected chi connectivity index (χ1v) is 6.24. The lowest BCUT2D eigenvalue weighted by molar-refractivity contribution is 0.415. The number of aromatic nitrogens is 2. The largest absolute Gasteiger partial charge is 0.497 e. The SMILES string of the molecule is COc1ccc(-c2nc(C)n(C)c2Br)c(Cl)c1. The van der Waals surface area contributed by atoms with E-state index in [0.29, 0.717) is 5.02 Å². The maximum absolute atomic E-state index is 6.23. The van der Waals surface area contributed by atoms with Crippen LogP contribution in [0.4, 0.5) is 0 Å². The first kappa shape index (κ1) is 12.5. The van der Waals surface area contributed by atoms with Crippen molar-refractivity contribution in [3.8, 4) is 17.0 Å². The zero-order valence-corrected chi connectivity index (χ0v) is 12.1. The fourth-order valence-corrected chi connectivity index (χ4v) is 2.39. The molecule has 1 heterocycles. The van der Waals surface area contributed by atoms with E-state index in [0.717, 1.165) is 27.4 Å². The number of rotatable bonds is 2. The topological polar surface area (TPSA) is 27.1 Å². The van der Waals surface area contributed by atoms with Crippen LogP contribution in [-0.2, 0) is 7.05 Å². The Labute approximate surface area is 114 Å². The van der Waals surface area contributed by atoms with Gasteiger partial charge in [0.05, 0.1) is 12.1 Å². The maximum atomic E-state index is 6.23. The molecule has 0 saturated heterocycles. The van der Waals surface area contributed by atoms with E-state index < -0.39 is 0 Å². The Bertz CT molecular complexity index is 566. The van der Waals surface area contributed by atoms with Gasteiger partial charge in [0.2, 0.25) is 0 Å². The molecule has 2 rings (SSSR count). The Balaban J connectivity index is 2.57. The number of imidazole rings is 1. The second-order valence-electron chi connectivity index (χ2n) is 3.70. The molecule has 5 heteroatoms. The molecule has 0 unspecified atom stereocenters. The van der Waals surface area contributed by atoms with Crippen LogP contribution >= 0.6 is 27.5 Å². The van der Waals surface area contributed by atoms with E-state index in [4.69, 9.17) is 16.3 Å². The lowest BCUT2D eigenvalue weighted by atomic mass is 10.1. The third-order valence-electron chi connectivity index (χ3n) is 2.68. The lowest BCUT2D eigenvalue weighted by Gasteiger charge is -2.05. The van der Waals surface area contributed by atoms with Gasteiger partial charge in [0.15, 0.2) is 0 Å². The van der Waals surface area contributed by atoms with Gasteiger partial charge in [0.25, 0.3) is 0 Å². The predicted molar refractivity (Wildman–Crippen MR) is 72.6 cm³/mol. The molecule has 1 aromatic heterocycles. The highest BCUT2D eigenvalue weighted by Crippen LogP contribution is 2.34. The molecule has 3 nitrogen and oxygen atoms in total. The Kier molecular flexibility index (Phi) is 3.45. The van der Waals surface area contributed by atoms with Crippen LogP contribution in [-0.4, -0.2) is 16.7 Å². The van der Waals surface area contributed by atoms with Gasteiger partial charge in [-0.2, -0.15) is 0 Å². The highest BCUT2D eigenvalue weighted by molar-refractivity contribution is 9.10. The van der Waals surface area contributed by atoms with Crippen LogP contribution in [0.15, 0.2) is 22.8 Å². The van der Waals surface area contributed by atoms with Gasteiger partial charge in [-0.15, -0.1) is 0 Å². The first-order chi connectivity index (χ1) is 8.04. The molecule has 0 spiro atoms. The van der Waals surface area contributed by atoms with Crippen molar-refractivity contribution in [2.45, 2.75) is 6.92 Å². The molecular formula is C12H12BrClN2O. The zero-order chi connectivity index (χ0) is 12.6. The fourth-order valence-electron chi connectivity index (χ4n) is 1.57. The molecule has 0 aliphatic carbocycles. The summed E-state index contributed by atoms with van der Waals surface area (Å²) >= 11 is 9.74. The first-order valence-electron chi connectivity index (χ1n) is 5.07. The molecular weight excluding hydrogens is 304 g/mol. The average Bonchev–Trinajstić information content (AvgIpc) is 2.57. The number of hydrogen-bond donors (Lipinski definition) is 0. The van der Waals surface area contributed by atoms with Crippen LogP contribution in [0, 0.1) is 6.92 Å². The maximum Gasteiger partial charge on any atom is 0.120 e. The number of ether oxygens (including phenoxy) is 1. The monoisotopic (exact) mass is 314 g/mol. The summed E-state index contributed by atoms with van der Waals surface area (Å²) in [7, 11) is 3.57. The molecule has 90 valence electrons. The molecule has 0 aliphatic rings. The normalized spacial score (nSPS) is 10.6. The van der Waals surface area contributed by atoms with E-state index in [-0.39, 0.29) is 0 Å². The Morgan fingerprint density at radius 3 is 2.59 bits per heavy atom. The summed E-state index contributed by atoms with van der Waals surface area (Å²) in [6, 6.07) is 5.57. The molecule has 0 bridgehead atoms. The molecule has 0 fully saturated rings. The predicted octanol–water partition coefficient (Wildman–Crippen LogP) is 3.82. The van der Waals surface area contributed by atoms with Crippen LogP contribution in [0.25, 0.3) is 11.3 Å². The zero-order valence-electron chi connectivity index (χ0n) is 9.79. The van der Waals surface area contributed by atoms with Gasteiger partial charge in [-0.1, -0.05) is 11.6 Å². The van der Waals surface area contributed by atoms with Crippen molar-refractivity contribution >= 4 is 27.5 Å². The van der Waals surface area contributed by atoms with Crippen molar-refractivity contribution in [3.05, 3.63) is 33.6 Å². The molecule has 17 heavy (non-hydrogen) atoms. The number of aryl methyl sites for hydroxylation is 1. The molecule has 1 aromatic carbocycles. The van der Waals surface area contributed by atoms with E-state index in [9.17, 15) is 0 Å². The van der Waals surface area contributed by atoms with E-state index >= 15 is 0 Å². The van der Waals surface area contributed by atoms with Crippen molar-refractivity contribution in [1.82, 2.24) is 9.55 Å². The Morgan fingerprint density at radius 1 is 1.41 bits per heavy atom. The van der Waals surface area contributed by atoms with E-state index in [1.807, 2.05) is 30.7 Å². The Morgan fingerprint density at radius 2 is 2.12 bits per heavy atom. The summed E-state index contributed by atoms with van der Waals surface area (Å²) in [6.07, 6.45) is 0. The molecule has 2 aromatic rings. The van der Waals surface area contributed by atoms with Crippen molar-refractivity contribution in [2.75, 3.05) is 7.11 Å². The molecule has 0 atom stereocenters. The standard InChI is InChI=1S/C12H12BrClN2O/c1-7-15-11(12(13)16(7)2)9-5-4-8(17-3)6-10(9)14/h4-6H,1-3H3. The highest BCUT2D eigenvalue weighted by atomic mass is 79.9. The fraction of sp³-hybridized carbons (Fsp3) is 0.250. The van der Waals surface area contributed by atoms with E-state index in [1.165, 1.54) is 0 Å².